The summed E-state index contributed by atoms with van der Waals surface area (Å²) in [6, 6.07) is 0.774. The first-order chi connectivity index (χ1) is 10.3. The normalized spacial score (nSPS) is 31.1. The van der Waals surface area contributed by atoms with Gasteiger partial charge < -0.3 is 14.4 Å². The zero-order valence-corrected chi connectivity index (χ0v) is 13.2. The van der Waals surface area contributed by atoms with E-state index in [4.69, 9.17) is 9.47 Å². The number of nitrogens with zero attached hydrogens (tertiary/aromatic N) is 1. The Balaban J connectivity index is 1.63. The summed E-state index contributed by atoms with van der Waals surface area (Å²) < 4.78 is 11.2. The Kier molecular flexibility index (Phi) is 3.32. The number of likely N-dealkylation sites (tertiary alicyclic amines) is 1. The number of fused-ring (bicyclic) bond motifs is 2. The van der Waals surface area contributed by atoms with Gasteiger partial charge in [0.25, 0.3) is 5.91 Å². The molecule has 3 aliphatic rings. The van der Waals surface area contributed by atoms with Crippen molar-refractivity contribution in [1.82, 2.24) is 4.90 Å². The van der Waals surface area contributed by atoms with Gasteiger partial charge in [0, 0.05) is 17.5 Å². The molecule has 3 heterocycles. The molecular weight excluding hydrogens is 286 g/mol. The van der Waals surface area contributed by atoms with Gasteiger partial charge in [0.1, 0.15) is 18.1 Å². The molecular formula is C16H21NO3S. The van der Waals surface area contributed by atoms with Crippen LogP contribution in [0.2, 0.25) is 0 Å². The number of ether oxygens (including phenoxy) is 2. The molecule has 2 fully saturated rings. The molecule has 3 atom stereocenters. The second-order valence-electron chi connectivity index (χ2n) is 6.36. The SMILES string of the molecule is CC1CC2CCCCC2N1C(=O)c1scc2c1OCCO2. The second-order valence-corrected chi connectivity index (χ2v) is 7.24. The highest BCUT2D eigenvalue weighted by molar-refractivity contribution is 7.12. The van der Waals surface area contributed by atoms with Crippen LogP contribution in [-0.2, 0) is 0 Å². The number of hydrogen-bond acceptors (Lipinski definition) is 4. The Labute approximate surface area is 129 Å². The van der Waals surface area contributed by atoms with Crippen LogP contribution in [0.3, 0.4) is 0 Å². The van der Waals surface area contributed by atoms with E-state index < -0.39 is 0 Å². The van der Waals surface area contributed by atoms with Crippen LogP contribution in [0.25, 0.3) is 0 Å². The van der Waals surface area contributed by atoms with Gasteiger partial charge in [-0.05, 0) is 32.1 Å². The first-order valence-corrected chi connectivity index (χ1v) is 8.83. The first kappa shape index (κ1) is 13.4. The van der Waals surface area contributed by atoms with Crippen molar-refractivity contribution in [2.75, 3.05) is 13.2 Å². The zero-order chi connectivity index (χ0) is 14.4. The molecule has 0 spiro atoms. The van der Waals surface area contributed by atoms with Crippen molar-refractivity contribution in [3.05, 3.63) is 10.3 Å². The van der Waals surface area contributed by atoms with Crippen molar-refractivity contribution in [3.63, 3.8) is 0 Å². The van der Waals surface area contributed by atoms with E-state index in [2.05, 4.69) is 11.8 Å². The molecule has 4 rings (SSSR count). The van der Waals surface area contributed by atoms with Crippen LogP contribution < -0.4 is 9.47 Å². The van der Waals surface area contributed by atoms with E-state index in [9.17, 15) is 4.79 Å². The minimum absolute atomic E-state index is 0.147. The van der Waals surface area contributed by atoms with Gasteiger partial charge in [-0.25, -0.2) is 0 Å². The van der Waals surface area contributed by atoms with Crippen LogP contribution in [-0.4, -0.2) is 36.1 Å². The number of carbonyl (C=O) groups is 1. The molecule has 0 N–H and O–H groups in total. The zero-order valence-electron chi connectivity index (χ0n) is 12.3. The average molecular weight is 307 g/mol. The van der Waals surface area contributed by atoms with Gasteiger partial charge in [0.15, 0.2) is 11.5 Å². The molecule has 21 heavy (non-hydrogen) atoms. The Morgan fingerprint density at radius 3 is 3.00 bits per heavy atom. The maximum absolute atomic E-state index is 13.0. The molecule has 2 aliphatic heterocycles. The summed E-state index contributed by atoms with van der Waals surface area (Å²) in [6.07, 6.45) is 6.16. The smallest absolute Gasteiger partial charge is 0.268 e. The molecule has 1 aromatic heterocycles. The van der Waals surface area contributed by atoms with E-state index in [1.165, 1.54) is 30.6 Å². The van der Waals surface area contributed by atoms with Gasteiger partial charge in [-0.2, -0.15) is 0 Å². The van der Waals surface area contributed by atoms with E-state index in [1.54, 1.807) is 0 Å². The summed E-state index contributed by atoms with van der Waals surface area (Å²) in [6.45, 7) is 3.29. The fourth-order valence-electron chi connectivity index (χ4n) is 4.19. The van der Waals surface area contributed by atoms with E-state index in [0.29, 0.717) is 37.0 Å². The van der Waals surface area contributed by atoms with Crippen molar-refractivity contribution in [3.8, 4) is 11.5 Å². The molecule has 0 aromatic carbocycles. The number of hydrogen-bond donors (Lipinski definition) is 0. The molecule has 5 heteroatoms. The summed E-state index contributed by atoms with van der Waals surface area (Å²) >= 11 is 1.46. The van der Waals surface area contributed by atoms with Gasteiger partial charge in [0.2, 0.25) is 0 Å². The largest absolute Gasteiger partial charge is 0.485 e. The maximum atomic E-state index is 13.0. The molecule has 1 amide bonds. The molecule has 114 valence electrons. The Morgan fingerprint density at radius 2 is 2.10 bits per heavy atom. The van der Waals surface area contributed by atoms with Crippen LogP contribution in [0.15, 0.2) is 5.38 Å². The van der Waals surface area contributed by atoms with Gasteiger partial charge in [0.05, 0.1) is 0 Å². The summed E-state index contributed by atoms with van der Waals surface area (Å²) in [5.41, 5.74) is 0. The molecule has 1 saturated heterocycles. The summed E-state index contributed by atoms with van der Waals surface area (Å²) in [5.74, 6) is 2.25. The molecule has 1 aliphatic carbocycles. The predicted octanol–water partition coefficient (Wildman–Crippen LogP) is 3.31. The third kappa shape index (κ3) is 2.13. The fraction of sp³-hybridized carbons (Fsp3) is 0.688. The van der Waals surface area contributed by atoms with Gasteiger partial charge in [-0.15, -0.1) is 11.3 Å². The summed E-state index contributed by atoms with van der Waals surface area (Å²) in [5, 5.41) is 1.90. The minimum Gasteiger partial charge on any atom is -0.485 e. The monoisotopic (exact) mass is 307 g/mol. The van der Waals surface area contributed by atoms with Crippen molar-refractivity contribution < 1.29 is 14.3 Å². The Bertz CT molecular complexity index is 556. The lowest BCUT2D eigenvalue weighted by molar-refractivity contribution is 0.0630. The lowest BCUT2D eigenvalue weighted by Gasteiger charge is -2.33. The molecule has 0 bridgehead atoms. The highest BCUT2D eigenvalue weighted by atomic mass is 32.1. The highest BCUT2D eigenvalue weighted by Crippen LogP contribution is 2.44. The van der Waals surface area contributed by atoms with Gasteiger partial charge >= 0.3 is 0 Å². The first-order valence-electron chi connectivity index (χ1n) is 7.95. The lowest BCUT2D eigenvalue weighted by atomic mass is 9.85. The van der Waals surface area contributed by atoms with Crippen molar-refractivity contribution in [2.45, 2.75) is 51.1 Å². The topological polar surface area (TPSA) is 38.8 Å². The standard InChI is InChI=1S/C16H21NO3S/c1-10-8-11-4-2-3-5-12(11)17(10)16(18)15-14-13(9-21-15)19-6-7-20-14/h9-12H,2-8H2,1H3. The quantitative estimate of drug-likeness (QED) is 0.799. The maximum Gasteiger partial charge on any atom is 0.268 e. The summed E-state index contributed by atoms with van der Waals surface area (Å²) in [4.78, 5) is 15.9. The number of amides is 1. The average Bonchev–Trinajstić information content (AvgIpc) is 3.06. The molecule has 0 radical (unpaired) electrons. The Morgan fingerprint density at radius 1 is 1.29 bits per heavy atom. The third-order valence-electron chi connectivity index (χ3n) is 5.07. The minimum atomic E-state index is 0.147. The van der Waals surface area contributed by atoms with Crippen LogP contribution in [0.5, 0.6) is 11.5 Å². The fourth-order valence-corrected chi connectivity index (χ4v) is 5.06. The summed E-state index contributed by atoms with van der Waals surface area (Å²) in [7, 11) is 0. The van der Waals surface area contributed by atoms with Crippen molar-refractivity contribution >= 4 is 17.2 Å². The predicted molar refractivity (Wildman–Crippen MR) is 81.3 cm³/mol. The van der Waals surface area contributed by atoms with Crippen LogP contribution in [0.4, 0.5) is 0 Å². The van der Waals surface area contributed by atoms with E-state index in [-0.39, 0.29) is 5.91 Å². The van der Waals surface area contributed by atoms with Crippen molar-refractivity contribution in [1.29, 1.82) is 0 Å². The van der Waals surface area contributed by atoms with Gasteiger partial charge in [-0.1, -0.05) is 12.8 Å². The number of carbonyl (C=O) groups excluding carboxylic acids is 1. The third-order valence-corrected chi connectivity index (χ3v) is 6.00. The van der Waals surface area contributed by atoms with Crippen LogP contribution in [0.1, 0.15) is 48.7 Å². The molecule has 1 aromatic rings. The van der Waals surface area contributed by atoms with Crippen molar-refractivity contribution in [2.24, 2.45) is 5.92 Å². The second kappa shape index (κ2) is 5.20. The highest BCUT2D eigenvalue weighted by Gasteiger charge is 2.44. The van der Waals surface area contributed by atoms with E-state index in [0.717, 1.165) is 23.5 Å². The van der Waals surface area contributed by atoms with Crippen LogP contribution >= 0.6 is 11.3 Å². The van der Waals surface area contributed by atoms with E-state index >= 15 is 0 Å². The molecule has 1 saturated carbocycles. The Hall–Kier alpha value is -1.23. The number of rotatable bonds is 1. The molecule has 4 nitrogen and oxygen atoms in total. The molecule has 3 unspecified atom stereocenters. The van der Waals surface area contributed by atoms with Gasteiger partial charge in [-0.3, -0.25) is 4.79 Å². The lowest BCUT2D eigenvalue weighted by Crippen LogP contribution is -2.42. The van der Waals surface area contributed by atoms with E-state index in [1.807, 2.05) is 5.38 Å². The number of thiophene rings is 1. The van der Waals surface area contributed by atoms with Crippen LogP contribution in [0, 0.1) is 5.92 Å².